The van der Waals surface area contributed by atoms with Crippen LogP contribution >= 0.6 is 0 Å². The molecule has 0 aromatic rings. The molecule has 0 fully saturated rings. The number of carbonyl (C=O) groups is 2. The average molecular weight is 186 g/mol. The normalized spacial score (nSPS) is 15.2. The summed E-state index contributed by atoms with van der Waals surface area (Å²) in [7, 11) is 0. The Bertz CT molecular complexity index is 196. The summed E-state index contributed by atoms with van der Waals surface area (Å²) in [5.41, 5.74) is 0. The molecule has 0 radical (unpaired) electrons. The maximum atomic E-state index is 11.3. The van der Waals surface area contributed by atoms with Crippen LogP contribution in [0.4, 0.5) is 0 Å². The maximum Gasteiger partial charge on any atom is 0.309 e. The van der Waals surface area contributed by atoms with E-state index in [1.54, 1.807) is 27.7 Å². The van der Waals surface area contributed by atoms with E-state index in [1.165, 1.54) is 6.92 Å². The molecule has 0 spiro atoms. The number of hydrogen-bond donors (Lipinski definition) is 0. The van der Waals surface area contributed by atoms with E-state index in [0.29, 0.717) is 0 Å². The quantitative estimate of drug-likeness (QED) is 0.629. The van der Waals surface area contributed by atoms with Crippen molar-refractivity contribution >= 4 is 11.8 Å². The molecule has 0 aliphatic rings. The van der Waals surface area contributed by atoms with Crippen LogP contribution in [0.5, 0.6) is 0 Å². The summed E-state index contributed by atoms with van der Waals surface area (Å²) < 4.78 is 4.99. The fourth-order valence-corrected chi connectivity index (χ4v) is 0.896. The van der Waals surface area contributed by atoms with Gasteiger partial charge in [-0.25, -0.2) is 0 Å². The SMILES string of the molecule is CC(=O)C(C)C(C)C(=O)OC(C)C. The number of esters is 1. The highest BCUT2D eigenvalue weighted by Gasteiger charge is 2.25. The molecule has 3 nitrogen and oxygen atoms in total. The molecule has 0 aliphatic carbocycles. The second kappa shape index (κ2) is 5.00. The molecule has 0 aliphatic heterocycles. The molecule has 0 amide bonds. The molecule has 0 saturated carbocycles. The molecular formula is C10H18O3. The molecule has 0 N–H and O–H groups in total. The van der Waals surface area contributed by atoms with Gasteiger partial charge in [0.1, 0.15) is 5.78 Å². The van der Waals surface area contributed by atoms with E-state index in [4.69, 9.17) is 4.74 Å². The Morgan fingerprint density at radius 2 is 1.46 bits per heavy atom. The number of Topliss-reactive ketones (excluding diaryl/α,β-unsaturated/α-hetero) is 1. The Morgan fingerprint density at radius 1 is 1.00 bits per heavy atom. The van der Waals surface area contributed by atoms with Crippen LogP contribution in [0.2, 0.25) is 0 Å². The molecular weight excluding hydrogens is 168 g/mol. The lowest BCUT2D eigenvalue weighted by Crippen LogP contribution is -2.27. The predicted octanol–water partition coefficient (Wildman–Crippen LogP) is 1.80. The Balaban J connectivity index is 4.17. The monoisotopic (exact) mass is 186 g/mol. The van der Waals surface area contributed by atoms with Gasteiger partial charge in [-0.1, -0.05) is 13.8 Å². The van der Waals surface area contributed by atoms with Gasteiger partial charge in [-0.15, -0.1) is 0 Å². The van der Waals surface area contributed by atoms with Crippen LogP contribution in [-0.2, 0) is 14.3 Å². The van der Waals surface area contributed by atoms with E-state index in [-0.39, 0.29) is 29.7 Å². The number of ether oxygens (including phenoxy) is 1. The molecule has 2 unspecified atom stereocenters. The van der Waals surface area contributed by atoms with Gasteiger partial charge in [0.25, 0.3) is 0 Å². The highest BCUT2D eigenvalue weighted by atomic mass is 16.5. The van der Waals surface area contributed by atoms with Crippen molar-refractivity contribution in [3.8, 4) is 0 Å². The zero-order valence-corrected chi connectivity index (χ0v) is 8.96. The molecule has 0 aromatic heterocycles. The van der Waals surface area contributed by atoms with E-state index in [9.17, 15) is 9.59 Å². The minimum absolute atomic E-state index is 0.0215. The van der Waals surface area contributed by atoms with E-state index >= 15 is 0 Å². The Labute approximate surface area is 79.5 Å². The summed E-state index contributed by atoms with van der Waals surface area (Å²) in [5.74, 6) is -0.878. The van der Waals surface area contributed by atoms with Crippen LogP contribution < -0.4 is 0 Å². The molecule has 0 heterocycles. The lowest BCUT2D eigenvalue weighted by atomic mass is 9.93. The van der Waals surface area contributed by atoms with Crippen molar-refractivity contribution in [3.63, 3.8) is 0 Å². The van der Waals surface area contributed by atoms with Gasteiger partial charge in [-0.2, -0.15) is 0 Å². The Kier molecular flexibility index (Phi) is 4.67. The van der Waals surface area contributed by atoms with Gasteiger partial charge in [0.2, 0.25) is 0 Å². The van der Waals surface area contributed by atoms with Crippen LogP contribution in [0.3, 0.4) is 0 Å². The van der Waals surface area contributed by atoms with Crippen molar-refractivity contribution in [2.75, 3.05) is 0 Å². The first-order chi connectivity index (χ1) is 5.86. The number of carbonyl (C=O) groups excluding carboxylic acids is 2. The zero-order valence-electron chi connectivity index (χ0n) is 8.96. The van der Waals surface area contributed by atoms with Crippen LogP contribution in [0.1, 0.15) is 34.6 Å². The summed E-state index contributed by atoms with van der Waals surface area (Å²) in [6.07, 6.45) is -0.117. The summed E-state index contributed by atoms with van der Waals surface area (Å²) in [4.78, 5) is 22.3. The highest BCUT2D eigenvalue weighted by molar-refractivity contribution is 5.84. The molecule has 13 heavy (non-hydrogen) atoms. The highest BCUT2D eigenvalue weighted by Crippen LogP contribution is 2.14. The van der Waals surface area contributed by atoms with E-state index in [0.717, 1.165) is 0 Å². The van der Waals surface area contributed by atoms with E-state index < -0.39 is 0 Å². The van der Waals surface area contributed by atoms with Crippen LogP contribution in [-0.4, -0.2) is 17.9 Å². The molecule has 2 atom stereocenters. The summed E-state index contributed by atoms with van der Waals surface area (Å²) in [5, 5.41) is 0. The minimum Gasteiger partial charge on any atom is -0.463 e. The third-order valence-corrected chi connectivity index (χ3v) is 2.11. The van der Waals surface area contributed by atoms with Gasteiger partial charge in [-0.05, 0) is 20.8 Å². The summed E-state index contributed by atoms with van der Waals surface area (Å²) >= 11 is 0. The van der Waals surface area contributed by atoms with Crippen LogP contribution in [0, 0.1) is 11.8 Å². The fourth-order valence-electron chi connectivity index (χ4n) is 0.896. The van der Waals surface area contributed by atoms with Gasteiger partial charge in [-0.3, -0.25) is 9.59 Å². The second-order valence-corrected chi connectivity index (χ2v) is 3.67. The minimum atomic E-state index is -0.347. The van der Waals surface area contributed by atoms with Crippen molar-refractivity contribution in [1.82, 2.24) is 0 Å². The molecule has 3 heteroatoms. The van der Waals surface area contributed by atoms with Gasteiger partial charge in [0.05, 0.1) is 12.0 Å². The lowest BCUT2D eigenvalue weighted by Gasteiger charge is -2.17. The maximum absolute atomic E-state index is 11.3. The smallest absolute Gasteiger partial charge is 0.309 e. The van der Waals surface area contributed by atoms with E-state index in [1.807, 2.05) is 0 Å². The molecule has 0 aromatic carbocycles. The van der Waals surface area contributed by atoms with E-state index in [2.05, 4.69) is 0 Å². The zero-order chi connectivity index (χ0) is 10.6. The predicted molar refractivity (Wildman–Crippen MR) is 50.2 cm³/mol. The van der Waals surface area contributed by atoms with Crippen molar-refractivity contribution in [1.29, 1.82) is 0 Å². The first-order valence-electron chi connectivity index (χ1n) is 4.57. The van der Waals surface area contributed by atoms with Crippen molar-refractivity contribution in [3.05, 3.63) is 0 Å². The van der Waals surface area contributed by atoms with Gasteiger partial charge in [0.15, 0.2) is 0 Å². The van der Waals surface area contributed by atoms with Crippen molar-refractivity contribution in [2.24, 2.45) is 11.8 Å². The third kappa shape index (κ3) is 4.06. The van der Waals surface area contributed by atoms with Crippen molar-refractivity contribution in [2.45, 2.75) is 40.7 Å². The second-order valence-electron chi connectivity index (χ2n) is 3.67. The Morgan fingerprint density at radius 3 is 1.77 bits per heavy atom. The summed E-state index contributed by atoms with van der Waals surface area (Å²) in [6.45, 7) is 8.54. The largest absolute Gasteiger partial charge is 0.463 e. The van der Waals surface area contributed by atoms with Crippen LogP contribution in [0.25, 0.3) is 0 Å². The Hall–Kier alpha value is -0.860. The molecule has 0 saturated heterocycles. The number of rotatable bonds is 4. The van der Waals surface area contributed by atoms with Crippen molar-refractivity contribution < 1.29 is 14.3 Å². The average Bonchev–Trinajstić information content (AvgIpc) is 2.00. The topological polar surface area (TPSA) is 43.4 Å². The first-order valence-corrected chi connectivity index (χ1v) is 4.57. The fraction of sp³-hybridized carbons (Fsp3) is 0.800. The standard InChI is InChI=1S/C10H18O3/c1-6(2)13-10(12)8(4)7(3)9(5)11/h6-8H,1-5H3. The van der Waals surface area contributed by atoms with Gasteiger partial charge in [0, 0.05) is 5.92 Å². The first kappa shape index (κ1) is 12.1. The third-order valence-electron chi connectivity index (χ3n) is 2.11. The number of ketones is 1. The van der Waals surface area contributed by atoms with Gasteiger partial charge < -0.3 is 4.74 Å². The lowest BCUT2D eigenvalue weighted by molar-refractivity contribution is -0.155. The molecule has 0 bridgehead atoms. The van der Waals surface area contributed by atoms with Crippen LogP contribution in [0.15, 0.2) is 0 Å². The molecule has 0 rings (SSSR count). The van der Waals surface area contributed by atoms with Gasteiger partial charge >= 0.3 is 5.97 Å². The summed E-state index contributed by atoms with van der Waals surface area (Å²) in [6, 6.07) is 0. The number of hydrogen-bond acceptors (Lipinski definition) is 3. The molecule has 76 valence electrons.